The first-order valence-electron chi connectivity index (χ1n) is 7.44. The summed E-state index contributed by atoms with van der Waals surface area (Å²) in [5, 5.41) is 7.83. The molecule has 1 N–H and O–H groups in total. The smallest absolute Gasteiger partial charge is 0.0521 e. The van der Waals surface area contributed by atoms with Crippen LogP contribution in [0.15, 0.2) is 36.7 Å². The van der Waals surface area contributed by atoms with Gasteiger partial charge in [0.25, 0.3) is 0 Å². The Kier molecular flexibility index (Phi) is 5.36. The van der Waals surface area contributed by atoms with Crippen LogP contribution >= 0.6 is 0 Å². The van der Waals surface area contributed by atoms with Gasteiger partial charge in [-0.05, 0) is 37.4 Å². The fourth-order valence-electron chi connectivity index (χ4n) is 2.55. The average Bonchev–Trinajstić information content (AvgIpc) is 2.83. The van der Waals surface area contributed by atoms with Gasteiger partial charge < -0.3 is 5.32 Å². The summed E-state index contributed by atoms with van der Waals surface area (Å²) < 4.78 is 1.88. The van der Waals surface area contributed by atoms with E-state index in [1.807, 2.05) is 17.9 Å². The predicted molar refractivity (Wildman–Crippen MR) is 84.0 cm³/mol. The van der Waals surface area contributed by atoms with E-state index in [2.05, 4.69) is 54.7 Å². The largest absolute Gasteiger partial charge is 0.316 e. The third-order valence-corrected chi connectivity index (χ3v) is 3.57. The minimum absolute atomic E-state index is 0.505. The molecule has 3 heteroatoms. The SMILES string of the molecule is CCCNCC(Cc1cnn(C)c1)c1cccc(C)c1. The van der Waals surface area contributed by atoms with E-state index in [0.29, 0.717) is 5.92 Å². The second kappa shape index (κ2) is 7.25. The Morgan fingerprint density at radius 3 is 2.85 bits per heavy atom. The molecule has 0 aliphatic heterocycles. The number of benzene rings is 1. The standard InChI is InChI=1S/C17H25N3/c1-4-8-18-12-17(10-15-11-19-20(3)13-15)16-7-5-6-14(2)9-16/h5-7,9,11,13,17-18H,4,8,10,12H2,1-3H3. The van der Waals surface area contributed by atoms with E-state index in [1.165, 1.54) is 23.1 Å². The molecular formula is C17H25N3. The Morgan fingerprint density at radius 2 is 2.20 bits per heavy atom. The molecule has 108 valence electrons. The zero-order chi connectivity index (χ0) is 14.4. The number of aryl methyl sites for hydroxylation is 2. The monoisotopic (exact) mass is 271 g/mol. The lowest BCUT2D eigenvalue weighted by Crippen LogP contribution is -2.23. The van der Waals surface area contributed by atoms with Gasteiger partial charge in [0.1, 0.15) is 0 Å². The van der Waals surface area contributed by atoms with Crippen LogP contribution < -0.4 is 5.32 Å². The van der Waals surface area contributed by atoms with Crippen LogP contribution in [-0.2, 0) is 13.5 Å². The molecule has 0 bridgehead atoms. The van der Waals surface area contributed by atoms with Crippen LogP contribution in [0.5, 0.6) is 0 Å². The van der Waals surface area contributed by atoms with Crippen molar-refractivity contribution in [3.63, 3.8) is 0 Å². The zero-order valence-corrected chi connectivity index (χ0v) is 12.8. The molecule has 0 aliphatic carbocycles. The molecular weight excluding hydrogens is 246 g/mol. The minimum Gasteiger partial charge on any atom is -0.316 e. The van der Waals surface area contributed by atoms with E-state index < -0.39 is 0 Å². The predicted octanol–water partition coefficient (Wildman–Crippen LogP) is 3.05. The molecule has 1 aromatic carbocycles. The number of nitrogens with zero attached hydrogens (tertiary/aromatic N) is 2. The molecule has 2 rings (SSSR count). The summed E-state index contributed by atoms with van der Waals surface area (Å²) in [4.78, 5) is 0. The second-order valence-electron chi connectivity index (χ2n) is 5.54. The molecule has 20 heavy (non-hydrogen) atoms. The Labute approximate surface area is 122 Å². The third-order valence-electron chi connectivity index (χ3n) is 3.57. The lowest BCUT2D eigenvalue weighted by Gasteiger charge is -2.18. The van der Waals surface area contributed by atoms with Gasteiger partial charge >= 0.3 is 0 Å². The van der Waals surface area contributed by atoms with Crippen molar-refractivity contribution in [3.05, 3.63) is 53.3 Å². The summed E-state index contributed by atoms with van der Waals surface area (Å²) in [5.41, 5.74) is 4.05. The van der Waals surface area contributed by atoms with E-state index in [9.17, 15) is 0 Å². The van der Waals surface area contributed by atoms with Crippen LogP contribution in [0, 0.1) is 6.92 Å². The number of hydrogen-bond acceptors (Lipinski definition) is 2. The van der Waals surface area contributed by atoms with Gasteiger partial charge in [-0.25, -0.2) is 0 Å². The maximum Gasteiger partial charge on any atom is 0.0521 e. The summed E-state index contributed by atoms with van der Waals surface area (Å²) in [6, 6.07) is 8.85. The van der Waals surface area contributed by atoms with Gasteiger partial charge in [-0.2, -0.15) is 5.10 Å². The molecule has 1 atom stereocenters. The van der Waals surface area contributed by atoms with Gasteiger partial charge in [-0.15, -0.1) is 0 Å². The highest BCUT2D eigenvalue weighted by Gasteiger charge is 2.13. The summed E-state index contributed by atoms with van der Waals surface area (Å²) in [7, 11) is 1.97. The first-order valence-corrected chi connectivity index (χ1v) is 7.44. The Bertz CT molecular complexity index is 531. The average molecular weight is 271 g/mol. The molecule has 0 aliphatic rings. The van der Waals surface area contributed by atoms with Gasteiger partial charge in [0.05, 0.1) is 6.20 Å². The van der Waals surface area contributed by atoms with Crippen molar-refractivity contribution < 1.29 is 0 Å². The fourth-order valence-corrected chi connectivity index (χ4v) is 2.55. The van der Waals surface area contributed by atoms with Crippen molar-refractivity contribution in [3.8, 4) is 0 Å². The Morgan fingerprint density at radius 1 is 1.35 bits per heavy atom. The van der Waals surface area contributed by atoms with Crippen LogP contribution in [0.2, 0.25) is 0 Å². The number of nitrogens with one attached hydrogen (secondary N) is 1. The normalized spacial score (nSPS) is 12.6. The van der Waals surface area contributed by atoms with Gasteiger partial charge in [-0.1, -0.05) is 36.8 Å². The van der Waals surface area contributed by atoms with Crippen LogP contribution in [0.25, 0.3) is 0 Å². The molecule has 3 nitrogen and oxygen atoms in total. The van der Waals surface area contributed by atoms with E-state index in [1.54, 1.807) is 0 Å². The maximum absolute atomic E-state index is 4.27. The number of rotatable bonds is 7. The molecule has 1 aromatic heterocycles. The van der Waals surface area contributed by atoms with Gasteiger partial charge in [0.15, 0.2) is 0 Å². The van der Waals surface area contributed by atoms with Crippen molar-refractivity contribution in [2.24, 2.45) is 7.05 Å². The minimum atomic E-state index is 0.505. The van der Waals surface area contributed by atoms with E-state index in [4.69, 9.17) is 0 Å². The third kappa shape index (κ3) is 4.20. The molecule has 0 saturated heterocycles. The molecule has 2 aromatic rings. The Hall–Kier alpha value is -1.61. The summed E-state index contributed by atoms with van der Waals surface area (Å²) in [5.74, 6) is 0.505. The van der Waals surface area contributed by atoms with Crippen molar-refractivity contribution in [1.82, 2.24) is 15.1 Å². The first kappa shape index (κ1) is 14.8. The zero-order valence-electron chi connectivity index (χ0n) is 12.8. The highest BCUT2D eigenvalue weighted by Crippen LogP contribution is 2.21. The highest BCUT2D eigenvalue weighted by atomic mass is 15.2. The maximum atomic E-state index is 4.27. The number of aromatic nitrogens is 2. The summed E-state index contributed by atoms with van der Waals surface area (Å²) in [6.45, 7) is 6.46. The molecule has 0 radical (unpaired) electrons. The fraction of sp³-hybridized carbons (Fsp3) is 0.471. The highest BCUT2D eigenvalue weighted by molar-refractivity contribution is 5.27. The van der Waals surface area contributed by atoms with E-state index in [-0.39, 0.29) is 0 Å². The molecule has 1 unspecified atom stereocenters. The van der Waals surface area contributed by atoms with Crippen LogP contribution in [0.3, 0.4) is 0 Å². The second-order valence-corrected chi connectivity index (χ2v) is 5.54. The molecule has 0 spiro atoms. The molecule has 0 saturated carbocycles. The van der Waals surface area contributed by atoms with Crippen LogP contribution in [0.4, 0.5) is 0 Å². The van der Waals surface area contributed by atoms with Crippen LogP contribution in [0.1, 0.15) is 36.0 Å². The lowest BCUT2D eigenvalue weighted by atomic mass is 9.92. The van der Waals surface area contributed by atoms with Crippen molar-refractivity contribution in [1.29, 1.82) is 0 Å². The van der Waals surface area contributed by atoms with Gasteiger partial charge in [0.2, 0.25) is 0 Å². The Balaban J connectivity index is 2.11. The summed E-state index contributed by atoms with van der Waals surface area (Å²) in [6.07, 6.45) is 6.30. The van der Waals surface area contributed by atoms with Gasteiger partial charge in [0, 0.05) is 25.7 Å². The first-order chi connectivity index (χ1) is 9.69. The van der Waals surface area contributed by atoms with Crippen molar-refractivity contribution >= 4 is 0 Å². The molecule has 1 heterocycles. The van der Waals surface area contributed by atoms with E-state index in [0.717, 1.165) is 19.5 Å². The van der Waals surface area contributed by atoms with Crippen molar-refractivity contribution in [2.75, 3.05) is 13.1 Å². The van der Waals surface area contributed by atoms with E-state index >= 15 is 0 Å². The topological polar surface area (TPSA) is 29.9 Å². The van der Waals surface area contributed by atoms with Crippen molar-refractivity contribution in [2.45, 2.75) is 32.6 Å². The molecule has 0 amide bonds. The number of hydrogen-bond donors (Lipinski definition) is 1. The summed E-state index contributed by atoms with van der Waals surface area (Å²) >= 11 is 0. The lowest BCUT2D eigenvalue weighted by molar-refractivity contribution is 0.576. The van der Waals surface area contributed by atoms with Gasteiger partial charge in [-0.3, -0.25) is 4.68 Å². The molecule has 0 fully saturated rings. The quantitative estimate of drug-likeness (QED) is 0.784. The van der Waals surface area contributed by atoms with Crippen LogP contribution in [-0.4, -0.2) is 22.9 Å².